The van der Waals surface area contributed by atoms with Crippen molar-refractivity contribution in [3.63, 3.8) is 0 Å². The number of benzene rings is 1. The van der Waals surface area contributed by atoms with Gasteiger partial charge in [-0.15, -0.1) is 0 Å². The Labute approximate surface area is 188 Å². The highest BCUT2D eigenvalue weighted by Crippen LogP contribution is 2.36. The zero-order valence-electron chi connectivity index (χ0n) is 17.1. The highest BCUT2D eigenvalue weighted by atomic mass is 79.9. The molecule has 0 amide bonds. The summed E-state index contributed by atoms with van der Waals surface area (Å²) in [7, 11) is 1.54. The molecule has 1 aromatic rings. The highest BCUT2D eigenvalue weighted by molar-refractivity contribution is 9.10. The second-order valence-electron chi connectivity index (χ2n) is 7.09. The van der Waals surface area contributed by atoms with Gasteiger partial charge in [-0.05, 0) is 65.2 Å². The molecule has 6 N–H and O–H groups in total. The van der Waals surface area contributed by atoms with Crippen LogP contribution in [0.15, 0.2) is 33.4 Å². The number of aliphatic imine (C=N–C) groups is 1. The maximum absolute atomic E-state index is 11.2. The Morgan fingerprint density at radius 1 is 1.29 bits per heavy atom. The van der Waals surface area contributed by atoms with Gasteiger partial charge in [0.25, 0.3) is 0 Å². The van der Waals surface area contributed by atoms with Gasteiger partial charge in [-0.2, -0.15) is 4.99 Å². The predicted molar refractivity (Wildman–Crippen MR) is 111 cm³/mol. The van der Waals surface area contributed by atoms with Crippen LogP contribution >= 0.6 is 15.9 Å². The van der Waals surface area contributed by atoms with E-state index < -0.39 is 24.1 Å². The number of carboxylic acid groups (broad SMARTS) is 2. The van der Waals surface area contributed by atoms with Gasteiger partial charge in [0.2, 0.25) is 6.29 Å². The molecule has 1 aromatic carbocycles. The topological polar surface area (TPSA) is 180 Å². The van der Waals surface area contributed by atoms with Gasteiger partial charge in [0, 0.05) is 18.4 Å². The number of methoxy groups -OCH3 is 1. The minimum Gasteiger partial charge on any atom is -0.550 e. The first-order valence-electron chi connectivity index (χ1n) is 9.74. The molecule has 0 radical (unpaired) electrons. The van der Waals surface area contributed by atoms with Crippen molar-refractivity contribution in [3.05, 3.63) is 33.9 Å². The van der Waals surface area contributed by atoms with Crippen LogP contribution in [0.5, 0.6) is 11.5 Å². The Kier molecular flexibility index (Phi) is 9.28. The second kappa shape index (κ2) is 11.7. The van der Waals surface area contributed by atoms with Crippen LogP contribution in [0, 0.1) is 5.92 Å². The van der Waals surface area contributed by atoms with Gasteiger partial charge in [-0.3, -0.25) is 11.1 Å². The Bertz CT molecular complexity index is 873. The van der Waals surface area contributed by atoms with Crippen molar-refractivity contribution in [2.24, 2.45) is 22.4 Å². The van der Waals surface area contributed by atoms with E-state index >= 15 is 0 Å². The molecule has 0 aliphatic carbocycles. The minimum absolute atomic E-state index is 0.0313. The number of ether oxygens (including phenoxy) is 2. The lowest BCUT2D eigenvalue weighted by atomic mass is 9.98. The third-order valence-corrected chi connectivity index (χ3v) is 5.56. The van der Waals surface area contributed by atoms with Gasteiger partial charge in [0.15, 0.2) is 0 Å². The molecular formula is C20H26BrN4O6-. The monoisotopic (exact) mass is 497 g/mol. The van der Waals surface area contributed by atoms with Crippen molar-refractivity contribution < 1.29 is 34.6 Å². The summed E-state index contributed by atoms with van der Waals surface area (Å²) in [5.41, 5.74) is 13.4. The minimum atomic E-state index is -1.28. The lowest BCUT2D eigenvalue weighted by Crippen LogP contribution is -2.88. The standard InChI is InChI=1S/C20H27BrN4O6/c1-30-14-8-11(7-13-10-24-20(23)25-18(13)22)9-15(17(14)21)31-6-2-3-12(19(28)29)4-5-16(26)27/h8-10,12,20,24H,2-7,23H2,1H3,(H2,22,25)(H,26,27)(H,28,29)/p-1. The summed E-state index contributed by atoms with van der Waals surface area (Å²) in [6.07, 6.45) is 2.18. The van der Waals surface area contributed by atoms with Gasteiger partial charge in [-0.1, -0.05) is 0 Å². The SMILES string of the molecule is COc1cc(CC2=C[NH2+]C(N)N=C2N)cc(OCCCC(CCC(=O)[O-])C(=O)[O-])c1Br. The lowest BCUT2D eigenvalue weighted by molar-refractivity contribution is -0.625. The Morgan fingerprint density at radius 3 is 2.61 bits per heavy atom. The van der Waals surface area contributed by atoms with Crippen LogP contribution < -0.4 is 36.5 Å². The molecule has 0 fully saturated rings. The number of aliphatic carboxylic acids is 2. The number of carbonyl (C=O) groups excluding carboxylic acids is 2. The van der Waals surface area contributed by atoms with Crippen LogP contribution in [-0.4, -0.2) is 37.8 Å². The van der Waals surface area contributed by atoms with Crippen molar-refractivity contribution in [1.29, 1.82) is 0 Å². The Balaban J connectivity index is 2.02. The molecule has 0 saturated carbocycles. The molecule has 1 aliphatic rings. The van der Waals surface area contributed by atoms with E-state index in [1.165, 1.54) is 7.11 Å². The van der Waals surface area contributed by atoms with Crippen molar-refractivity contribution in [1.82, 2.24) is 0 Å². The van der Waals surface area contributed by atoms with Crippen LogP contribution in [0.1, 0.15) is 31.2 Å². The summed E-state index contributed by atoms with van der Waals surface area (Å²) in [4.78, 5) is 25.9. The molecular weight excluding hydrogens is 472 g/mol. The average Bonchev–Trinajstić information content (AvgIpc) is 2.70. The zero-order valence-corrected chi connectivity index (χ0v) is 18.7. The van der Waals surface area contributed by atoms with Gasteiger partial charge in [0.05, 0.1) is 19.3 Å². The van der Waals surface area contributed by atoms with E-state index in [4.69, 9.17) is 20.9 Å². The largest absolute Gasteiger partial charge is 0.550 e. The maximum atomic E-state index is 11.2. The summed E-state index contributed by atoms with van der Waals surface area (Å²) >= 11 is 3.45. The number of carbonyl (C=O) groups is 2. The molecule has 1 heterocycles. The van der Waals surface area contributed by atoms with Crippen LogP contribution in [-0.2, 0) is 16.0 Å². The molecule has 170 valence electrons. The average molecular weight is 498 g/mol. The first kappa shape index (κ1) is 24.6. The summed E-state index contributed by atoms with van der Waals surface area (Å²) in [6, 6.07) is 3.69. The number of nitrogens with two attached hydrogens (primary N) is 3. The molecule has 0 bridgehead atoms. The van der Waals surface area contributed by atoms with Gasteiger partial charge in [0.1, 0.15) is 28.0 Å². The maximum Gasteiger partial charge on any atom is 0.241 e. The second-order valence-corrected chi connectivity index (χ2v) is 7.89. The van der Waals surface area contributed by atoms with Crippen molar-refractivity contribution in [2.45, 2.75) is 38.4 Å². The van der Waals surface area contributed by atoms with Gasteiger partial charge >= 0.3 is 0 Å². The number of nitrogens with zero attached hydrogens (tertiary/aromatic N) is 1. The van der Waals surface area contributed by atoms with Crippen LogP contribution in [0.2, 0.25) is 0 Å². The van der Waals surface area contributed by atoms with E-state index in [0.29, 0.717) is 34.6 Å². The normalized spacial score (nSPS) is 16.8. The molecule has 10 nitrogen and oxygen atoms in total. The fraction of sp³-hybridized carbons (Fsp3) is 0.450. The van der Waals surface area contributed by atoms with E-state index in [2.05, 4.69) is 20.9 Å². The third-order valence-electron chi connectivity index (χ3n) is 4.78. The molecule has 0 saturated heterocycles. The third kappa shape index (κ3) is 7.53. The smallest absolute Gasteiger partial charge is 0.241 e. The number of halogens is 1. The number of rotatable bonds is 12. The molecule has 0 aromatic heterocycles. The Hall–Kier alpha value is -2.63. The number of carboxylic acids is 2. The summed E-state index contributed by atoms with van der Waals surface area (Å²) < 4.78 is 11.9. The van der Waals surface area contributed by atoms with Crippen molar-refractivity contribution in [3.8, 4) is 11.5 Å². The van der Waals surface area contributed by atoms with E-state index in [0.717, 1.165) is 11.1 Å². The van der Waals surface area contributed by atoms with Crippen LogP contribution in [0.3, 0.4) is 0 Å². The summed E-state index contributed by atoms with van der Waals surface area (Å²) in [6.45, 7) is 0.231. The van der Waals surface area contributed by atoms with Crippen molar-refractivity contribution in [2.75, 3.05) is 13.7 Å². The molecule has 11 heteroatoms. The molecule has 2 atom stereocenters. The quantitative estimate of drug-likeness (QED) is 0.280. The van der Waals surface area contributed by atoms with E-state index in [1.54, 1.807) is 5.32 Å². The lowest BCUT2D eigenvalue weighted by Gasteiger charge is -2.19. The summed E-state index contributed by atoms with van der Waals surface area (Å²) in [5.74, 6) is -1.95. The molecule has 1 aliphatic heterocycles. The van der Waals surface area contributed by atoms with Gasteiger partial charge < -0.3 is 35.0 Å². The number of hydrogen-bond donors (Lipinski definition) is 3. The molecule has 2 rings (SSSR count). The van der Waals surface area contributed by atoms with Crippen LogP contribution in [0.25, 0.3) is 0 Å². The molecule has 2 unspecified atom stereocenters. The first-order valence-corrected chi connectivity index (χ1v) is 10.5. The van der Waals surface area contributed by atoms with E-state index in [-0.39, 0.29) is 25.9 Å². The van der Waals surface area contributed by atoms with E-state index in [1.807, 2.05) is 18.3 Å². The van der Waals surface area contributed by atoms with E-state index in [9.17, 15) is 19.8 Å². The molecule has 0 spiro atoms. The first-order chi connectivity index (χ1) is 14.7. The fourth-order valence-corrected chi connectivity index (χ4v) is 3.63. The van der Waals surface area contributed by atoms with Crippen LogP contribution in [0.4, 0.5) is 0 Å². The van der Waals surface area contributed by atoms with Gasteiger partial charge in [-0.25, -0.2) is 0 Å². The Morgan fingerprint density at radius 2 is 2.00 bits per heavy atom. The van der Waals surface area contributed by atoms with Crippen molar-refractivity contribution >= 4 is 33.7 Å². The highest BCUT2D eigenvalue weighted by Gasteiger charge is 2.18. The number of hydrogen-bond acceptors (Lipinski definition) is 9. The number of quaternary nitrogens is 1. The summed E-state index contributed by atoms with van der Waals surface area (Å²) in [5, 5.41) is 23.5. The molecule has 31 heavy (non-hydrogen) atoms. The fourth-order valence-electron chi connectivity index (χ4n) is 3.12. The zero-order chi connectivity index (χ0) is 23.0. The predicted octanol–water partition coefficient (Wildman–Crippen LogP) is -1.88. The number of amidine groups is 1.